The first kappa shape index (κ1) is 13.9. The molecule has 0 bridgehead atoms. The predicted octanol–water partition coefficient (Wildman–Crippen LogP) is 3.17. The van der Waals surface area contributed by atoms with E-state index in [9.17, 15) is 0 Å². The maximum atomic E-state index is 8.93. The molecule has 0 spiro atoms. The van der Waals surface area contributed by atoms with E-state index in [-0.39, 0.29) is 5.84 Å². The van der Waals surface area contributed by atoms with Gasteiger partial charge in [-0.1, -0.05) is 29.4 Å². The van der Waals surface area contributed by atoms with Crippen LogP contribution in [0, 0.1) is 13.8 Å². The fourth-order valence-corrected chi connectivity index (χ4v) is 2.26. The van der Waals surface area contributed by atoms with Crippen LogP contribution in [0.15, 0.2) is 47.6 Å². The lowest BCUT2D eigenvalue weighted by Gasteiger charge is -2.24. The minimum Gasteiger partial charge on any atom is -0.409 e. The van der Waals surface area contributed by atoms with Crippen molar-refractivity contribution in [1.82, 2.24) is 0 Å². The van der Waals surface area contributed by atoms with Gasteiger partial charge in [0.2, 0.25) is 0 Å². The summed E-state index contributed by atoms with van der Waals surface area (Å²) in [7, 11) is 1.98. The molecule has 2 aromatic rings. The van der Waals surface area contributed by atoms with Gasteiger partial charge in [0.15, 0.2) is 5.84 Å². The summed E-state index contributed by atoms with van der Waals surface area (Å²) in [5, 5.41) is 12.0. The van der Waals surface area contributed by atoms with E-state index < -0.39 is 0 Å². The van der Waals surface area contributed by atoms with Gasteiger partial charge in [-0.25, -0.2) is 0 Å². The van der Waals surface area contributed by atoms with E-state index >= 15 is 0 Å². The number of oxime groups is 1. The Bertz CT molecular complexity index is 650. The van der Waals surface area contributed by atoms with Gasteiger partial charge in [-0.2, -0.15) is 0 Å². The Morgan fingerprint density at radius 1 is 1.10 bits per heavy atom. The molecule has 0 aliphatic rings. The zero-order chi connectivity index (χ0) is 14.7. The summed E-state index contributed by atoms with van der Waals surface area (Å²) in [5.74, 6) is 0.112. The van der Waals surface area contributed by atoms with E-state index in [2.05, 4.69) is 23.0 Å². The summed E-state index contributed by atoms with van der Waals surface area (Å²) in [4.78, 5) is 2.05. The smallest absolute Gasteiger partial charge is 0.172 e. The average Bonchev–Trinajstić information content (AvgIpc) is 2.46. The second-order valence-corrected chi connectivity index (χ2v) is 4.85. The largest absolute Gasteiger partial charge is 0.409 e. The topological polar surface area (TPSA) is 61.9 Å². The highest BCUT2D eigenvalue weighted by Crippen LogP contribution is 2.30. The molecular weight excluding hydrogens is 250 g/mol. The highest BCUT2D eigenvalue weighted by Gasteiger charge is 2.14. The molecule has 0 saturated heterocycles. The van der Waals surface area contributed by atoms with Crippen molar-refractivity contribution in [3.8, 4) is 0 Å². The fraction of sp³-hybridized carbons (Fsp3) is 0.188. The van der Waals surface area contributed by atoms with Crippen LogP contribution in [-0.2, 0) is 0 Å². The van der Waals surface area contributed by atoms with Crippen molar-refractivity contribution in [3.05, 3.63) is 59.2 Å². The van der Waals surface area contributed by atoms with Gasteiger partial charge < -0.3 is 15.8 Å². The quantitative estimate of drug-likeness (QED) is 0.389. The molecule has 0 fully saturated rings. The van der Waals surface area contributed by atoms with Gasteiger partial charge in [-0.3, -0.25) is 0 Å². The van der Waals surface area contributed by atoms with Gasteiger partial charge in [0.05, 0.1) is 5.69 Å². The molecule has 0 heterocycles. The van der Waals surface area contributed by atoms with Gasteiger partial charge in [-0.15, -0.1) is 0 Å². The molecule has 104 valence electrons. The van der Waals surface area contributed by atoms with Crippen LogP contribution in [0.5, 0.6) is 0 Å². The summed E-state index contributed by atoms with van der Waals surface area (Å²) in [5.41, 5.74) is 10.8. The number of rotatable bonds is 3. The average molecular weight is 269 g/mol. The number of para-hydroxylation sites is 1. The number of hydrogen-bond acceptors (Lipinski definition) is 3. The lowest BCUT2D eigenvalue weighted by molar-refractivity contribution is 0.318. The monoisotopic (exact) mass is 269 g/mol. The van der Waals surface area contributed by atoms with E-state index in [1.807, 2.05) is 50.4 Å². The summed E-state index contributed by atoms with van der Waals surface area (Å²) in [6.45, 7) is 4.08. The molecule has 0 saturated carbocycles. The molecule has 0 unspecified atom stereocenters. The molecule has 2 rings (SSSR count). The summed E-state index contributed by atoms with van der Waals surface area (Å²) < 4.78 is 0. The van der Waals surface area contributed by atoms with Crippen molar-refractivity contribution in [2.75, 3.05) is 11.9 Å². The molecule has 0 atom stereocenters. The molecule has 4 heteroatoms. The Hall–Kier alpha value is -2.49. The van der Waals surface area contributed by atoms with Gasteiger partial charge in [0.1, 0.15) is 0 Å². The lowest BCUT2D eigenvalue weighted by Crippen LogP contribution is -2.20. The molecule has 20 heavy (non-hydrogen) atoms. The Labute approximate surface area is 119 Å². The van der Waals surface area contributed by atoms with Crippen molar-refractivity contribution in [2.45, 2.75) is 13.8 Å². The molecule has 0 amide bonds. The highest BCUT2D eigenvalue weighted by atomic mass is 16.4. The second kappa shape index (κ2) is 5.65. The van der Waals surface area contributed by atoms with Crippen molar-refractivity contribution in [3.63, 3.8) is 0 Å². The van der Waals surface area contributed by atoms with E-state index in [0.717, 1.165) is 16.9 Å². The van der Waals surface area contributed by atoms with E-state index in [1.165, 1.54) is 5.56 Å². The van der Waals surface area contributed by atoms with Crippen LogP contribution in [-0.4, -0.2) is 18.1 Å². The van der Waals surface area contributed by atoms with Crippen molar-refractivity contribution >= 4 is 17.2 Å². The number of benzene rings is 2. The van der Waals surface area contributed by atoms with Crippen LogP contribution < -0.4 is 10.6 Å². The third-order valence-corrected chi connectivity index (χ3v) is 3.38. The van der Waals surface area contributed by atoms with Crippen LogP contribution in [0.2, 0.25) is 0 Å². The standard InChI is InChI=1S/C16H19N3O/c1-11-8-9-13(16(17)18-20)15(10-11)19(3)14-7-5-4-6-12(14)2/h4-10,20H,1-3H3,(H2,17,18). The molecule has 0 aliphatic carbocycles. The molecule has 3 N–H and O–H groups in total. The first-order valence-electron chi connectivity index (χ1n) is 6.42. The molecule has 0 radical (unpaired) electrons. The minimum atomic E-state index is 0.112. The zero-order valence-electron chi connectivity index (χ0n) is 12.0. The van der Waals surface area contributed by atoms with E-state index in [0.29, 0.717) is 5.56 Å². The number of nitrogens with zero attached hydrogens (tertiary/aromatic N) is 2. The Morgan fingerprint density at radius 3 is 2.45 bits per heavy atom. The van der Waals surface area contributed by atoms with Crippen molar-refractivity contribution in [1.29, 1.82) is 0 Å². The van der Waals surface area contributed by atoms with Gasteiger partial charge in [0, 0.05) is 18.3 Å². The fourth-order valence-electron chi connectivity index (χ4n) is 2.26. The van der Waals surface area contributed by atoms with Gasteiger partial charge >= 0.3 is 0 Å². The normalized spacial score (nSPS) is 11.4. The van der Waals surface area contributed by atoms with Gasteiger partial charge in [0.25, 0.3) is 0 Å². The number of anilines is 2. The molecule has 0 aliphatic heterocycles. The van der Waals surface area contributed by atoms with Crippen molar-refractivity contribution < 1.29 is 5.21 Å². The predicted molar refractivity (Wildman–Crippen MR) is 82.9 cm³/mol. The second-order valence-electron chi connectivity index (χ2n) is 4.85. The van der Waals surface area contributed by atoms with Gasteiger partial charge in [-0.05, 0) is 43.2 Å². The maximum absolute atomic E-state index is 8.93. The maximum Gasteiger partial charge on any atom is 0.172 e. The summed E-state index contributed by atoms with van der Waals surface area (Å²) in [6.07, 6.45) is 0. The Morgan fingerprint density at radius 2 is 1.80 bits per heavy atom. The molecule has 4 nitrogen and oxygen atoms in total. The van der Waals surface area contributed by atoms with Crippen LogP contribution in [0.25, 0.3) is 0 Å². The number of nitrogens with two attached hydrogens (primary N) is 1. The Balaban J connectivity index is 2.57. The zero-order valence-corrected chi connectivity index (χ0v) is 12.0. The van der Waals surface area contributed by atoms with Crippen LogP contribution in [0.3, 0.4) is 0 Å². The number of aryl methyl sites for hydroxylation is 2. The van der Waals surface area contributed by atoms with Crippen LogP contribution in [0.1, 0.15) is 16.7 Å². The minimum absolute atomic E-state index is 0.112. The Kier molecular flexibility index (Phi) is 3.94. The first-order valence-corrected chi connectivity index (χ1v) is 6.42. The molecular formula is C16H19N3O. The van der Waals surface area contributed by atoms with Crippen LogP contribution in [0.4, 0.5) is 11.4 Å². The highest BCUT2D eigenvalue weighted by molar-refractivity contribution is 6.03. The summed E-state index contributed by atoms with van der Waals surface area (Å²) in [6, 6.07) is 14.0. The SMILES string of the molecule is Cc1ccc(C(N)=NO)c(N(C)c2ccccc2C)c1. The number of hydrogen-bond donors (Lipinski definition) is 2. The van der Waals surface area contributed by atoms with E-state index in [4.69, 9.17) is 10.9 Å². The lowest BCUT2D eigenvalue weighted by atomic mass is 10.1. The molecule has 0 aromatic heterocycles. The number of amidine groups is 1. The third-order valence-electron chi connectivity index (χ3n) is 3.38. The van der Waals surface area contributed by atoms with Crippen LogP contribution >= 0.6 is 0 Å². The first-order chi connectivity index (χ1) is 9.54. The third kappa shape index (κ3) is 2.59. The summed E-state index contributed by atoms with van der Waals surface area (Å²) >= 11 is 0. The van der Waals surface area contributed by atoms with Crippen molar-refractivity contribution in [2.24, 2.45) is 10.9 Å². The molecule has 2 aromatic carbocycles. The van der Waals surface area contributed by atoms with E-state index in [1.54, 1.807) is 0 Å².